The summed E-state index contributed by atoms with van der Waals surface area (Å²) in [4.78, 5) is 27.9. The third kappa shape index (κ3) is 5.42. The Morgan fingerprint density at radius 3 is 2.58 bits per heavy atom. The van der Waals surface area contributed by atoms with Crippen molar-refractivity contribution in [2.24, 2.45) is 0 Å². The van der Waals surface area contributed by atoms with Gasteiger partial charge in [-0.3, -0.25) is 14.5 Å². The second kappa shape index (κ2) is 8.77. The minimum Gasteiger partial charge on any atom is -0.379 e. The lowest BCUT2D eigenvalue weighted by Crippen LogP contribution is -2.48. The van der Waals surface area contributed by atoms with E-state index in [4.69, 9.17) is 4.74 Å². The maximum atomic E-state index is 12.3. The molecule has 1 N–H and O–H groups in total. The summed E-state index contributed by atoms with van der Waals surface area (Å²) in [5.41, 5.74) is 0. The molecule has 138 valence electrons. The van der Waals surface area contributed by atoms with E-state index >= 15 is 0 Å². The fraction of sp³-hybridized carbons (Fsp3) is 0.867. The third-order valence-corrected chi connectivity index (χ3v) is 6.24. The maximum absolute atomic E-state index is 12.3. The smallest absolute Gasteiger partial charge is 0.312 e. The molecule has 2 amide bonds. The Hall–Kier alpha value is -1.19. The molecule has 0 spiro atoms. The molecule has 0 saturated carbocycles. The Labute approximate surface area is 143 Å². The third-order valence-electron chi connectivity index (χ3n) is 4.49. The van der Waals surface area contributed by atoms with E-state index in [9.17, 15) is 18.0 Å². The van der Waals surface area contributed by atoms with Crippen LogP contribution in [0.4, 0.5) is 0 Å². The number of nitrogens with zero attached hydrogens (tertiary/aromatic N) is 2. The van der Waals surface area contributed by atoms with Gasteiger partial charge in [-0.05, 0) is 26.3 Å². The highest BCUT2D eigenvalue weighted by molar-refractivity contribution is 7.91. The molecular weight excluding hydrogens is 334 g/mol. The van der Waals surface area contributed by atoms with Gasteiger partial charge < -0.3 is 15.0 Å². The van der Waals surface area contributed by atoms with E-state index in [0.717, 1.165) is 39.3 Å². The summed E-state index contributed by atoms with van der Waals surface area (Å²) in [5.74, 6) is -1.24. The molecule has 0 aromatic rings. The van der Waals surface area contributed by atoms with Crippen molar-refractivity contribution in [2.45, 2.75) is 25.8 Å². The Bertz CT molecular complexity index is 545. The van der Waals surface area contributed by atoms with E-state index < -0.39 is 21.7 Å². The first-order valence-corrected chi connectivity index (χ1v) is 10.3. The zero-order chi connectivity index (χ0) is 17.6. The molecule has 8 nitrogen and oxygen atoms in total. The van der Waals surface area contributed by atoms with E-state index in [1.807, 2.05) is 0 Å². The van der Waals surface area contributed by atoms with Gasteiger partial charge in [-0.2, -0.15) is 0 Å². The van der Waals surface area contributed by atoms with Gasteiger partial charge in [-0.15, -0.1) is 0 Å². The average molecular weight is 361 g/mol. The van der Waals surface area contributed by atoms with Crippen LogP contribution in [0.15, 0.2) is 0 Å². The molecule has 2 aliphatic heterocycles. The molecule has 1 atom stereocenters. The van der Waals surface area contributed by atoms with E-state index in [1.165, 1.54) is 4.90 Å². The van der Waals surface area contributed by atoms with Crippen LogP contribution in [0.2, 0.25) is 0 Å². The molecule has 0 radical (unpaired) electrons. The van der Waals surface area contributed by atoms with Crippen molar-refractivity contribution in [3.63, 3.8) is 0 Å². The normalized spacial score (nSPS) is 23.8. The number of rotatable bonds is 6. The zero-order valence-corrected chi connectivity index (χ0v) is 15.0. The molecule has 2 rings (SSSR count). The predicted octanol–water partition coefficient (Wildman–Crippen LogP) is -1.14. The second-order valence-corrected chi connectivity index (χ2v) is 8.44. The average Bonchev–Trinajstić information content (AvgIpc) is 2.92. The number of morpholine rings is 1. The zero-order valence-electron chi connectivity index (χ0n) is 14.2. The van der Waals surface area contributed by atoms with E-state index in [2.05, 4.69) is 10.2 Å². The Kier molecular flexibility index (Phi) is 7.00. The summed E-state index contributed by atoms with van der Waals surface area (Å²) in [6.07, 6.45) is 1.18. The second-order valence-electron chi connectivity index (χ2n) is 6.21. The summed E-state index contributed by atoms with van der Waals surface area (Å²) in [5, 5.41) is 2.64. The summed E-state index contributed by atoms with van der Waals surface area (Å²) in [7, 11) is -3.08. The number of sulfone groups is 1. The summed E-state index contributed by atoms with van der Waals surface area (Å²) in [6, 6.07) is -0.383. The summed E-state index contributed by atoms with van der Waals surface area (Å²) in [6.45, 7) is 6.65. The van der Waals surface area contributed by atoms with Crippen LogP contribution in [0.3, 0.4) is 0 Å². The standard InChI is InChI=1S/C15H27N3O5S/c1-2-18(13-4-11-24(21,22)12-13)15(20)14(19)16-5-3-6-17-7-9-23-10-8-17/h13H,2-12H2,1H3,(H,16,19). The number of hydrogen-bond acceptors (Lipinski definition) is 6. The first kappa shape index (κ1) is 19.1. The molecule has 24 heavy (non-hydrogen) atoms. The highest BCUT2D eigenvalue weighted by Crippen LogP contribution is 2.17. The first-order valence-electron chi connectivity index (χ1n) is 8.52. The fourth-order valence-electron chi connectivity index (χ4n) is 3.12. The molecule has 2 fully saturated rings. The van der Waals surface area contributed by atoms with Crippen LogP contribution >= 0.6 is 0 Å². The number of carbonyl (C=O) groups excluding carboxylic acids is 2. The van der Waals surface area contributed by atoms with Crippen LogP contribution < -0.4 is 5.32 Å². The molecule has 1 unspecified atom stereocenters. The molecular formula is C15H27N3O5S. The largest absolute Gasteiger partial charge is 0.379 e. The van der Waals surface area contributed by atoms with Crippen LogP contribution in [-0.2, 0) is 24.2 Å². The van der Waals surface area contributed by atoms with Gasteiger partial charge in [0.1, 0.15) is 0 Å². The molecule has 9 heteroatoms. The Morgan fingerprint density at radius 1 is 1.29 bits per heavy atom. The number of ether oxygens (including phenoxy) is 1. The van der Waals surface area contributed by atoms with Gasteiger partial charge >= 0.3 is 11.8 Å². The number of hydrogen-bond donors (Lipinski definition) is 1. The topological polar surface area (TPSA) is 96.0 Å². The summed E-state index contributed by atoms with van der Waals surface area (Å²) < 4.78 is 28.4. The molecule has 2 aliphatic rings. The number of nitrogens with one attached hydrogen (secondary N) is 1. The van der Waals surface area contributed by atoms with Crippen LogP contribution in [0.5, 0.6) is 0 Å². The van der Waals surface area contributed by atoms with E-state index in [1.54, 1.807) is 6.92 Å². The molecule has 2 saturated heterocycles. The van der Waals surface area contributed by atoms with Crippen LogP contribution in [0, 0.1) is 0 Å². The van der Waals surface area contributed by atoms with Crippen molar-refractivity contribution in [1.82, 2.24) is 15.1 Å². The fourth-order valence-corrected chi connectivity index (χ4v) is 4.85. The van der Waals surface area contributed by atoms with Crippen molar-refractivity contribution in [1.29, 1.82) is 0 Å². The SMILES string of the molecule is CCN(C(=O)C(=O)NCCCN1CCOCC1)C1CCS(=O)(=O)C1. The van der Waals surface area contributed by atoms with Crippen molar-refractivity contribution in [3.05, 3.63) is 0 Å². The molecule has 0 aromatic carbocycles. The van der Waals surface area contributed by atoms with E-state index in [-0.39, 0.29) is 17.5 Å². The van der Waals surface area contributed by atoms with Crippen LogP contribution in [0.25, 0.3) is 0 Å². The van der Waals surface area contributed by atoms with Crippen molar-refractivity contribution in [2.75, 3.05) is 57.4 Å². The monoisotopic (exact) mass is 361 g/mol. The minimum atomic E-state index is -3.08. The lowest BCUT2D eigenvalue weighted by Gasteiger charge is -2.27. The molecule has 0 bridgehead atoms. The molecule has 2 heterocycles. The quantitative estimate of drug-likeness (QED) is 0.475. The Morgan fingerprint density at radius 2 is 2.00 bits per heavy atom. The summed E-state index contributed by atoms with van der Waals surface area (Å²) >= 11 is 0. The maximum Gasteiger partial charge on any atom is 0.312 e. The van der Waals surface area contributed by atoms with Gasteiger partial charge in [-0.1, -0.05) is 0 Å². The van der Waals surface area contributed by atoms with Crippen LogP contribution in [0.1, 0.15) is 19.8 Å². The molecule has 0 aromatic heterocycles. The van der Waals surface area contributed by atoms with Gasteiger partial charge in [0.25, 0.3) is 0 Å². The lowest BCUT2D eigenvalue weighted by molar-refractivity contribution is -0.147. The van der Waals surface area contributed by atoms with Crippen LogP contribution in [-0.4, -0.2) is 93.5 Å². The Balaban J connectivity index is 1.73. The van der Waals surface area contributed by atoms with E-state index in [0.29, 0.717) is 19.5 Å². The predicted molar refractivity (Wildman–Crippen MR) is 89.3 cm³/mol. The minimum absolute atomic E-state index is 0.0448. The first-order chi connectivity index (χ1) is 11.4. The van der Waals surface area contributed by atoms with Gasteiger partial charge in [0.2, 0.25) is 0 Å². The van der Waals surface area contributed by atoms with Crippen molar-refractivity contribution in [3.8, 4) is 0 Å². The van der Waals surface area contributed by atoms with Gasteiger partial charge in [-0.25, -0.2) is 8.42 Å². The van der Waals surface area contributed by atoms with Crippen molar-refractivity contribution >= 4 is 21.7 Å². The number of amides is 2. The van der Waals surface area contributed by atoms with Gasteiger partial charge in [0.15, 0.2) is 9.84 Å². The lowest BCUT2D eigenvalue weighted by atomic mass is 10.2. The van der Waals surface area contributed by atoms with Gasteiger partial charge in [0.05, 0.1) is 24.7 Å². The van der Waals surface area contributed by atoms with Crippen molar-refractivity contribution < 1.29 is 22.7 Å². The highest BCUT2D eigenvalue weighted by atomic mass is 32.2. The van der Waals surface area contributed by atoms with Gasteiger partial charge in [0, 0.05) is 32.2 Å². The molecule has 0 aliphatic carbocycles. The number of likely N-dealkylation sites (N-methyl/N-ethyl adjacent to an activating group) is 1. The number of carbonyl (C=O) groups is 2. The highest BCUT2D eigenvalue weighted by Gasteiger charge is 2.35.